The highest BCUT2D eigenvalue weighted by Crippen LogP contribution is 2.60. The van der Waals surface area contributed by atoms with E-state index in [1.807, 2.05) is 13.1 Å². The van der Waals surface area contributed by atoms with Crippen LogP contribution in [0.2, 0.25) is 0 Å². The average molecular weight is 411 g/mol. The highest BCUT2D eigenvalue weighted by molar-refractivity contribution is 7.88. The summed E-state index contributed by atoms with van der Waals surface area (Å²) in [7, 11) is -0.185. The first-order valence-electron chi connectivity index (χ1n) is 9.26. The Hall–Kier alpha value is -1.68. The van der Waals surface area contributed by atoms with Gasteiger partial charge in [-0.15, -0.1) is 0 Å². The van der Waals surface area contributed by atoms with Crippen molar-refractivity contribution in [3.05, 3.63) is 23.3 Å². The fourth-order valence-electron chi connectivity index (χ4n) is 5.76. The van der Waals surface area contributed by atoms with Crippen LogP contribution in [-0.4, -0.2) is 67.5 Å². The summed E-state index contributed by atoms with van der Waals surface area (Å²) in [5.74, 6) is -0.615. The van der Waals surface area contributed by atoms with Gasteiger partial charge in [-0.1, -0.05) is 6.07 Å². The number of aromatic hydroxyl groups is 1. The number of benzene rings is 1. The number of ketones is 1. The van der Waals surface area contributed by atoms with Crippen LogP contribution in [0.25, 0.3) is 0 Å². The molecule has 28 heavy (non-hydrogen) atoms. The summed E-state index contributed by atoms with van der Waals surface area (Å²) >= 11 is 0. The van der Waals surface area contributed by atoms with Crippen molar-refractivity contribution < 1.29 is 32.3 Å². The van der Waals surface area contributed by atoms with E-state index in [4.69, 9.17) is 9.47 Å². The van der Waals surface area contributed by atoms with Crippen molar-refractivity contribution in [2.24, 2.45) is 5.92 Å². The van der Waals surface area contributed by atoms with Gasteiger partial charge in [-0.05, 0) is 44.0 Å². The Morgan fingerprint density at radius 3 is 2.61 bits per heavy atom. The van der Waals surface area contributed by atoms with E-state index in [2.05, 4.69) is 4.90 Å². The molecule has 4 unspecified atom stereocenters. The van der Waals surface area contributed by atoms with E-state index < -0.39 is 26.2 Å². The first-order valence-corrected chi connectivity index (χ1v) is 10.7. The number of ether oxygens (including phenoxy) is 2. The molecule has 0 amide bonds. The third-order valence-electron chi connectivity index (χ3n) is 7.16. The van der Waals surface area contributed by atoms with Gasteiger partial charge in [0.25, 0.3) is 4.93 Å². The minimum Gasteiger partial charge on any atom is -0.504 e. The molecule has 2 aliphatic carbocycles. The Labute approximate surface area is 164 Å². The van der Waals surface area contributed by atoms with Crippen LogP contribution in [0.4, 0.5) is 0 Å². The molecule has 1 aliphatic heterocycles. The molecule has 4 atom stereocenters. The highest BCUT2D eigenvalue weighted by Gasteiger charge is 2.66. The second-order valence-corrected chi connectivity index (χ2v) is 9.76. The quantitative estimate of drug-likeness (QED) is 0.711. The van der Waals surface area contributed by atoms with Gasteiger partial charge < -0.3 is 19.5 Å². The number of carbonyl (C=O) groups is 1. The predicted molar refractivity (Wildman–Crippen MR) is 100 cm³/mol. The number of likely N-dealkylation sites (tertiary alicyclic amines) is 1. The minimum atomic E-state index is -4.77. The van der Waals surface area contributed by atoms with Crippen LogP contribution in [0.15, 0.2) is 12.1 Å². The van der Waals surface area contributed by atoms with E-state index >= 15 is 0 Å². The average Bonchev–Trinajstić information content (AvgIpc) is 2.63. The fourth-order valence-corrected chi connectivity index (χ4v) is 6.72. The number of rotatable bonds is 3. The zero-order chi connectivity index (χ0) is 20.5. The number of phenolic OH excluding ortho intramolecular Hbond substituents is 1. The molecule has 0 radical (unpaired) electrons. The molecule has 1 aromatic rings. The van der Waals surface area contributed by atoms with Crippen molar-refractivity contribution >= 4 is 15.9 Å². The number of Topliss-reactive ketones (excluding diaryl/α,β-unsaturated/α-hetero) is 1. The van der Waals surface area contributed by atoms with Crippen LogP contribution >= 0.6 is 0 Å². The Balaban J connectivity index is 1.95. The molecule has 1 saturated heterocycles. The summed E-state index contributed by atoms with van der Waals surface area (Å²) in [6.07, 6.45) is 0.931. The molecule has 2 fully saturated rings. The predicted octanol–water partition coefficient (Wildman–Crippen LogP) is 1.11. The largest absolute Gasteiger partial charge is 0.504 e. The Bertz CT molecular complexity index is 946. The van der Waals surface area contributed by atoms with Crippen LogP contribution in [0.1, 0.15) is 30.4 Å². The number of nitrogens with zero attached hydrogens (tertiary/aromatic N) is 1. The van der Waals surface area contributed by atoms with Gasteiger partial charge in [-0.3, -0.25) is 9.35 Å². The summed E-state index contributed by atoms with van der Waals surface area (Å²) in [6, 6.07) is 3.59. The van der Waals surface area contributed by atoms with Crippen molar-refractivity contribution in [3.8, 4) is 11.5 Å². The Kier molecular flexibility index (Phi) is 4.32. The van der Waals surface area contributed by atoms with Crippen LogP contribution in [0.3, 0.4) is 0 Å². The van der Waals surface area contributed by atoms with Crippen LogP contribution in [0, 0.1) is 5.92 Å². The van der Waals surface area contributed by atoms with Gasteiger partial charge in [-0.2, -0.15) is 8.42 Å². The van der Waals surface area contributed by atoms with Crippen molar-refractivity contribution in [3.63, 3.8) is 0 Å². The van der Waals surface area contributed by atoms with Gasteiger partial charge in [0.05, 0.1) is 7.11 Å². The van der Waals surface area contributed by atoms with Crippen LogP contribution in [0.5, 0.6) is 11.5 Å². The zero-order valence-electron chi connectivity index (χ0n) is 16.1. The molecule has 1 heterocycles. The molecule has 1 aromatic carbocycles. The molecule has 3 aliphatic rings. The number of carbonyl (C=O) groups excluding carboxylic acids is 1. The first-order chi connectivity index (χ1) is 13.1. The number of likely N-dealkylation sites (N-methyl/N-ethyl adjacent to an activating group) is 1. The van der Waals surface area contributed by atoms with E-state index in [1.165, 1.54) is 7.11 Å². The SMILES string of the molecule is COc1ccc2c(c1O)C13CCN(C)C(C2)C1CC(OC)(S(=O)(=O)O)C(=O)C3. The lowest BCUT2D eigenvalue weighted by molar-refractivity contribution is -0.147. The van der Waals surface area contributed by atoms with Crippen LogP contribution < -0.4 is 4.74 Å². The lowest BCUT2D eigenvalue weighted by atomic mass is 9.51. The van der Waals surface area contributed by atoms with Crippen LogP contribution in [-0.2, 0) is 31.5 Å². The first kappa shape index (κ1) is 19.6. The number of methoxy groups -OCH3 is 2. The van der Waals surface area contributed by atoms with Crippen molar-refractivity contribution in [2.75, 3.05) is 27.8 Å². The second-order valence-electron chi connectivity index (χ2n) is 8.15. The summed E-state index contributed by atoms with van der Waals surface area (Å²) in [6.45, 7) is 0.719. The fraction of sp³-hybridized carbons (Fsp3) is 0.632. The van der Waals surface area contributed by atoms with Gasteiger partial charge in [-0.25, -0.2) is 0 Å². The molecular weight excluding hydrogens is 386 g/mol. The summed E-state index contributed by atoms with van der Waals surface area (Å²) in [5.41, 5.74) is 0.901. The lowest BCUT2D eigenvalue weighted by Gasteiger charge is -2.60. The smallest absolute Gasteiger partial charge is 0.302 e. The zero-order valence-corrected chi connectivity index (χ0v) is 17.0. The van der Waals surface area contributed by atoms with Crippen molar-refractivity contribution in [2.45, 2.75) is 42.1 Å². The number of piperidine rings is 1. The summed E-state index contributed by atoms with van der Waals surface area (Å²) < 4.78 is 44.6. The third kappa shape index (κ3) is 2.33. The molecule has 8 nitrogen and oxygen atoms in total. The van der Waals surface area contributed by atoms with E-state index in [0.29, 0.717) is 24.2 Å². The van der Waals surface area contributed by atoms with Gasteiger partial charge >= 0.3 is 10.1 Å². The lowest BCUT2D eigenvalue weighted by Crippen LogP contribution is -2.67. The minimum absolute atomic E-state index is 0.0116. The van der Waals surface area contributed by atoms with Gasteiger partial charge in [0, 0.05) is 37.0 Å². The third-order valence-corrected chi connectivity index (χ3v) is 8.56. The van der Waals surface area contributed by atoms with E-state index in [9.17, 15) is 22.9 Å². The van der Waals surface area contributed by atoms with E-state index in [1.54, 1.807) is 6.07 Å². The summed E-state index contributed by atoms with van der Waals surface area (Å²) in [4.78, 5) is 13.0. The maximum Gasteiger partial charge on any atom is 0.302 e. The number of hydrogen-bond donors (Lipinski definition) is 2. The molecule has 4 rings (SSSR count). The van der Waals surface area contributed by atoms with Crippen molar-refractivity contribution in [1.82, 2.24) is 4.90 Å². The molecule has 0 spiro atoms. The normalized spacial score (nSPS) is 35.2. The van der Waals surface area contributed by atoms with Crippen molar-refractivity contribution in [1.29, 1.82) is 0 Å². The highest BCUT2D eigenvalue weighted by atomic mass is 32.2. The Morgan fingerprint density at radius 2 is 2.00 bits per heavy atom. The summed E-state index contributed by atoms with van der Waals surface area (Å²) in [5, 5.41) is 10.9. The number of phenols is 1. The maximum absolute atomic E-state index is 13.1. The molecule has 9 heteroatoms. The molecule has 1 saturated carbocycles. The molecule has 2 bridgehead atoms. The van der Waals surface area contributed by atoms with Gasteiger partial charge in [0.2, 0.25) is 0 Å². The van der Waals surface area contributed by atoms with Gasteiger partial charge in [0.15, 0.2) is 17.3 Å². The van der Waals surface area contributed by atoms with Gasteiger partial charge in [0.1, 0.15) is 0 Å². The van der Waals surface area contributed by atoms with E-state index in [-0.39, 0.29) is 30.6 Å². The second kappa shape index (κ2) is 6.16. The molecule has 0 aromatic heterocycles. The molecular formula is C19H25NO7S. The maximum atomic E-state index is 13.1. The molecule has 2 N–H and O–H groups in total. The number of hydrogen-bond acceptors (Lipinski definition) is 7. The standard InChI is InChI=1S/C19H25NO7S/c1-20-7-6-18-10-15(21)19(27-3,28(23,24)25)9-12(18)13(20)8-11-4-5-14(26-2)17(22)16(11)18/h4-5,12-13,22H,6-10H2,1-3H3,(H,23,24,25). The topological polar surface area (TPSA) is 113 Å². The van der Waals surface area contributed by atoms with E-state index in [0.717, 1.165) is 19.2 Å². The molecule has 154 valence electrons. The Morgan fingerprint density at radius 1 is 1.29 bits per heavy atom. The number of fused-ring (bicyclic) bond motifs is 1. The monoisotopic (exact) mass is 411 g/mol.